The van der Waals surface area contributed by atoms with Gasteiger partial charge in [-0.25, -0.2) is 14.8 Å². The van der Waals surface area contributed by atoms with Crippen molar-refractivity contribution in [2.75, 3.05) is 12.4 Å². The molecule has 2 N–H and O–H groups in total. The van der Waals surface area contributed by atoms with Crippen LogP contribution in [0.3, 0.4) is 0 Å². The number of nitrogens with one attached hydrogen (secondary N) is 1. The van der Waals surface area contributed by atoms with Gasteiger partial charge in [0, 0.05) is 4.88 Å². The highest BCUT2D eigenvalue weighted by Gasteiger charge is 2.20. The van der Waals surface area contributed by atoms with Crippen molar-refractivity contribution in [2.45, 2.75) is 26.3 Å². The minimum Gasteiger partial charge on any atom is -0.508 e. The van der Waals surface area contributed by atoms with Crippen LogP contribution in [0.15, 0.2) is 53.3 Å². The summed E-state index contributed by atoms with van der Waals surface area (Å²) in [6.07, 6.45) is 1.25. The van der Waals surface area contributed by atoms with Gasteiger partial charge in [-0.1, -0.05) is 30.3 Å². The number of rotatable bonds is 7. The Kier molecular flexibility index (Phi) is 6.69. The molecule has 10 heteroatoms. The first-order valence-electron chi connectivity index (χ1n) is 10.5. The van der Waals surface area contributed by atoms with Gasteiger partial charge in [0.25, 0.3) is 5.56 Å². The molecule has 0 radical (unpaired) electrons. The highest BCUT2D eigenvalue weighted by molar-refractivity contribution is 7.16. The summed E-state index contributed by atoms with van der Waals surface area (Å²) in [5, 5.41) is 12.8. The summed E-state index contributed by atoms with van der Waals surface area (Å²) < 4.78 is 6.07. The molecule has 2 aromatic carbocycles. The molecule has 2 aromatic heterocycles. The number of phenolic OH excluding ortho intramolecular Hbond substituents is 1. The second kappa shape index (κ2) is 9.84. The van der Waals surface area contributed by atoms with E-state index >= 15 is 0 Å². The zero-order chi connectivity index (χ0) is 24.2. The zero-order valence-corrected chi connectivity index (χ0v) is 19.4. The van der Waals surface area contributed by atoms with Crippen molar-refractivity contribution in [3.05, 3.63) is 80.8 Å². The Hall–Kier alpha value is -4.05. The minimum absolute atomic E-state index is 0.0626. The fourth-order valence-electron chi connectivity index (χ4n) is 3.54. The quantitative estimate of drug-likeness (QED) is 0.391. The number of hydrogen-bond donors (Lipinski definition) is 2. The molecule has 1 amide bonds. The predicted molar refractivity (Wildman–Crippen MR) is 128 cm³/mol. The van der Waals surface area contributed by atoms with Crippen molar-refractivity contribution in [3.63, 3.8) is 0 Å². The molecule has 0 spiro atoms. The van der Waals surface area contributed by atoms with Crippen LogP contribution >= 0.6 is 11.3 Å². The van der Waals surface area contributed by atoms with Crippen molar-refractivity contribution in [1.29, 1.82) is 0 Å². The monoisotopic (exact) mass is 478 g/mol. The van der Waals surface area contributed by atoms with E-state index in [1.54, 1.807) is 13.0 Å². The number of amides is 1. The summed E-state index contributed by atoms with van der Waals surface area (Å²) in [7, 11) is 1.28. The van der Waals surface area contributed by atoms with Crippen LogP contribution in [-0.2, 0) is 28.9 Å². The molecule has 0 atom stereocenters. The van der Waals surface area contributed by atoms with Crippen LogP contribution in [0.1, 0.15) is 26.8 Å². The summed E-state index contributed by atoms with van der Waals surface area (Å²) >= 11 is 1.19. The Morgan fingerprint density at radius 3 is 2.62 bits per heavy atom. The van der Waals surface area contributed by atoms with E-state index in [1.165, 1.54) is 35.1 Å². The number of anilines is 1. The predicted octanol–water partition coefficient (Wildman–Crippen LogP) is 3.08. The SMILES string of the molecule is COC(=O)c1nc(NC(=O)Cn2c(C)nc3ccc(O)cc3c2=O)sc1CCc1ccccc1. The van der Waals surface area contributed by atoms with Crippen LogP contribution in [0.2, 0.25) is 0 Å². The number of ether oxygens (including phenoxy) is 1. The summed E-state index contributed by atoms with van der Waals surface area (Å²) in [5.41, 5.74) is 1.27. The van der Waals surface area contributed by atoms with Gasteiger partial charge >= 0.3 is 5.97 Å². The van der Waals surface area contributed by atoms with Gasteiger partial charge in [-0.05, 0) is 43.5 Å². The molecular formula is C24H22N4O5S. The molecule has 0 aliphatic carbocycles. The number of fused-ring (bicyclic) bond motifs is 1. The molecule has 34 heavy (non-hydrogen) atoms. The number of methoxy groups -OCH3 is 1. The number of aryl methyl sites for hydroxylation is 3. The van der Waals surface area contributed by atoms with E-state index in [0.29, 0.717) is 29.1 Å². The maximum atomic E-state index is 12.9. The molecule has 9 nitrogen and oxygen atoms in total. The number of carbonyl (C=O) groups excluding carboxylic acids is 2. The number of nitrogens with zero attached hydrogens (tertiary/aromatic N) is 3. The van der Waals surface area contributed by atoms with Crippen molar-refractivity contribution in [1.82, 2.24) is 14.5 Å². The fraction of sp³-hybridized carbons (Fsp3) is 0.208. The lowest BCUT2D eigenvalue weighted by molar-refractivity contribution is -0.116. The van der Waals surface area contributed by atoms with Crippen molar-refractivity contribution < 1.29 is 19.4 Å². The molecule has 0 saturated carbocycles. The molecule has 174 valence electrons. The maximum absolute atomic E-state index is 12.9. The van der Waals surface area contributed by atoms with E-state index in [-0.39, 0.29) is 28.5 Å². The maximum Gasteiger partial charge on any atom is 0.357 e. The van der Waals surface area contributed by atoms with Crippen LogP contribution in [-0.4, -0.2) is 38.6 Å². The highest BCUT2D eigenvalue weighted by Crippen LogP contribution is 2.25. The molecule has 4 rings (SSSR count). The Balaban J connectivity index is 1.54. The smallest absolute Gasteiger partial charge is 0.357 e. The van der Waals surface area contributed by atoms with Crippen LogP contribution in [0.25, 0.3) is 10.9 Å². The van der Waals surface area contributed by atoms with E-state index < -0.39 is 17.4 Å². The van der Waals surface area contributed by atoms with E-state index in [0.717, 1.165) is 5.56 Å². The van der Waals surface area contributed by atoms with Gasteiger partial charge in [0.15, 0.2) is 10.8 Å². The summed E-state index contributed by atoms with van der Waals surface area (Å²) in [5.74, 6) is -0.777. The van der Waals surface area contributed by atoms with Gasteiger partial charge in [0.05, 0.1) is 18.0 Å². The van der Waals surface area contributed by atoms with Crippen LogP contribution in [0.4, 0.5) is 5.13 Å². The second-order valence-corrected chi connectivity index (χ2v) is 8.65. The first-order valence-corrected chi connectivity index (χ1v) is 11.3. The second-order valence-electron chi connectivity index (χ2n) is 7.57. The van der Waals surface area contributed by atoms with Crippen molar-refractivity contribution in [3.8, 4) is 5.75 Å². The molecule has 0 unspecified atom stereocenters. The summed E-state index contributed by atoms with van der Waals surface area (Å²) in [6, 6.07) is 14.1. The third-order valence-electron chi connectivity index (χ3n) is 5.24. The third-order valence-corrected chi connectivity index (χ3v) is 6.27. The number of aromatic nitrogens is 3. The average molecular weight is 479 g/mol. The van der Waals surface area contributed by atoms with Crippen molar-refractivity contribution in [2.24, 2.45) is 0 Å². The van der Waals surface area contributed by atoms with E-state index in [1.807, 2.05) is 30.3 Å². The third kappa shape index (κ3) is 4.96. The Morgan fingerprint density at radius 1 is 1.12 bits per heavy atom. The number of benzene rings is 2. The average Bonchev–Trinajstić information content (AvgIpc) is 3.23. The molecule has 0 aliphatic heterocycles. The Bertz CT molecular complexity index is 1430. The standard InChI is InChI=1S/C24H22N4O5S/c1-14-25-18-10-9-16(29)12-17(18)22(31)28(14)13-20(30)26-24-27-21(23(32)33-2)19(34-24)11-8-15-6-4-3-5-7-15/h3-7,9-10,12,29H,8,11,13H2,1-2H3,(H,26,27,30). The molecular weight excluding hydrogens is 456 g/mol. The number of hydrogen-bond acceptors (Lipinski definition) is 8. The van der Waals surface area contributed by atoms with Crippen LogP contribution in [0.5, 0.6) is 5.75 Å². The summed E-state index contributed by atoms with van der Waals surface area (Å²) in [4.78, 5) is 47.1. The zero-order valence-electron chi connectivity index (χ0n) is 18.6. The van der Waals surface area contributed by atoms with Gasteiger partial charge in [-0.2, -0.15) is 0 Å². The molecule has 0 fully saturated rings. The highest BCUT2D eigenvalue weighted by atomic mass is 32.1. The molecule has 2 heterocycles. The molecule has 0 saturated heterocycles. The topological polar surface area (TPSA) is 123 Å². The van der Waals surface area contributed by atoms with Gasteiger partial charge in [-0.15, -0.1) is 11.3 Å². The van der Waals surface area contributed by atoms with E-state index in [2.05, 4.69) is 15.3 Å². The number of thiazole rings is 1. The number of esters is 1. The lowest BCUT2D eigenvalue weighted by Gasteiger charge is -2.10. The first-order chi connectivity index (χ1) is 16.4. The normalized spacial score (nSPS) is 10.9. The molecule has 0 aliphatic rings. The lowest BCUT2D eigenvalue weighted by Crippen LogP contribution is -2.30. The van der Waals surface area contributed by atoms with Gasteiger partial charge < -0.3 is 15.2 Å². The van der Waals surface area contributed by atoms with Crippen LogP contribution in [0, 0.1) is 6.92 Å². The van der Waals surface area contributed by atoms with E-state index in [9.17, 15) is 19.5 Å². The summed E-state index contributed by atoms with van der Waals surface area (Å²) in [6.45, 7) is 1.33. The number of aromatic hydroxyl groups is 1. The molecule has 4 aromatic rings. The van der Waals surface area contributed by atoms with Gasteiger partial charge in [-0.3, -0.25) is 14.2 Å². The Morgan fingerprint density at radius 2 is 1.88 bits per heavy atom. The number of phenols is 1. The van der Waals surface area contributed by atoms with Crippen LogP contribution < -0.4 is 10.9 Å². The molecule has 0 bridgehead atoms. The largest absolute Gasteiger partial charge is 0.508 e. The van der Waals surface area contributed by atoms with Gasteiger partial charge in [0.2, 0.25) is 5.91 Å². The van der Waals surface area contributed by atoms with E-state index in [4.69, 9.17) is 4.74 Å². The van der Waals surface area contributed by atoms with Crippen molar-refractivity contribution >= 4 is 39.2 Å². The van der Waals surface area contributed by atoms with Gasteiger partial charge in [0.1, 0.15) is 18.1 Å². The lowest BCUT2D eigenvalue weighted by atomic mass is 10.1. The first kappa shape index (κ1) is 23.1. The Labute approximate surface area is 198 Å². The minimum atomic E-state index is -0.578. The fourth-order valence-corrected chi connectivity index (χ4v) is 4.51. The number of carbonyl (C=O) groups is 2.